The van der Waals surface area contributed by atoms with Crippen LogP contribution in [0.4, 0.5) is 11.4 Å². The lowest BCUT2D eigenvalue weighted by Gasteiger charge is -2.28. The summed E-state index contributed by atoms with van der Waals surface area (Å²) in [4.78, 5) is 14.9. The molecule has 1 unspecified atom stereocenters. The zero-order chi connectivity index (χ0) is 21.6. The van der Waals surface area contributed by atoms with E-state index in [0.29, 0.717) is 44.8 Å². The molecule has 9 heteroatoms. The number of amides is 1. The van der Waals surface area contributed by atoms with Gasteiger partial charge >= 0.3 is 0 Å². The number of ether oxygens (including phenoxy) is 2. The van der Waals surface area contributed by atoms with Gasteiger partial charge in [-0.1, -0.05) is 0 Å². The maximum absolute atomic E-state index is 13.1. The molecule has 0 saturated carbocycles. The van der Waals surface area contributed by atoms with E-state index in [1.165, 1.54) is 4.31 Å². The van der Waals surface area contributed by atoms with E-state index in [2.05, 4.69) is 10.2 Å². The molecule has 0 aromatic heterocycles. The fraction of sp³-hybridized carbons (Fsp3) is 0.667. The molecule has 2 fully saturated rings. The minimum absolute atomic E-state index is 0.125. The standard InChI is InChI=1S/C21H33N3O5S/c1-3-23(4-2)20-9-8-18(30(26,27)24-11-14-28-15-12-24)16-19(20)22-21(25)10-7-17-6-5-13-29-17/h8-9,16-17H,3-7,10-15H2,1-2H3,(H,22,25). The van der Waals surface area contributed by atoms with E-state index in [-0.39, 0.29) is 16.9 Å². The summed E-state index contributed by atoms with van der Waals surface area (Å²) in [7, 11) is -3.64. The summed E-state index contributed by atoms with van der Waals surface area (Å²) in [5.41, 5.74) is 1.36. The van der Waals surface area contributed by atoms with Gasteiger partial charge in [-0.15, -0.1) is 0 Å². The number of carbonyl (C=O) groups excluding carboxylic acids is 1. The van der Waals surface area contributed by atoms with Crippen LogP contribution in [-0.2, 0) is 24.3 Å². The SMILES string of the molecule is CCN(CC)c1ccc(S(=O)(=O)N2CCOCC2)cc1NC(=O)CCC1CCCO1. The van der Waals surface area contributed by atoms with Crippen LogP contribution in [0.5, 0.6) is 0 Å². The van der Waals surface area contributed by atoms with Gasteiger partial charge in [-0.3, -0.25) is 4.79 Å². The van der Waals surface area contributed by atoms with Gasteiger partial charge in [0.2, 0.25) is 15.9 Å². The van der Waals surface area contributed by atoms with Gasteiger partial charge in [0.15, 0.2) is 0 Å². The first-order chi connectivity index (χ1) is 14.5. The summed E-state index contributed by atoms with van der Waals surface area (Å²) in [6.07, 6.45) is 3.21. The third-order valence-electron chi connectivity index (χ3n) is 5.67. The monoisotopic (exact) mass is 439 g/mol. The van der Waals surface area contributed by atoms with Crippen molar-refractivity contribution in [2.45, 2.75) is 50.5 Å². The predicted octanol–water partition coefficient (Wildman–Crippen LogP) is 2.45. The lowest BCUT2D eigenvalue weighted by atomic mass is 10.1. The summed E-state index contributed by atoms with van der Waals surface area (Å²) in [6, 6.07) is 5.00. The number of nitrogens with one attached hydrogen (secondary N) is 1. The largest absolute Gasteiger partial charge is 0.379 e. The topological polar surface area (TPSA) is 88.2 Å². The molecule has 2 aliphatic rings. The van der Waals surface area contributed by atoms with Crippen LogP contribution in [-0.4, -0.2) is 70.7 Å². The third kappa shape index (κ3) is 5.51. The summed E-state index contributed by atoms with van der Waals surface area (Å²) in [6.45, 7) is 7.80. The summed E-state index contributed by atoms with van der Waals surface area (Å²) < 4.78 is 38.5. The first kappa shape index (κ1) is 23.0. The Bertz CT molecular complexity index is 814. The Balaban J connectivity index is 1.81. The average molecular weight is 440 g/mol. The predicted molar refractivity (Wildman–Crippen MR) is 116 cm³/mol. The van der Waals surface area contributed by atoms with Crippen molar-refractivity contribution in [2.24, 2.45) is 0 Å². The highest BCUT2D eigenvalue weighted by Gasteiger charge is 2.27. The zero-order valence-corrected chi connectivity index (χ0v) is 18.7. The average Bonchev–Trinajstić information content (AvgIpc) is 3.28. The quantitative estimate of drug-likeness (QED) is 0.636. The van der Waals surface area contributed by atoms with E-state index in [1.54, 1.807) is 18.2 Å². The van der Waals surface area contributed by atoms with Crippen molar-refractivity contribution in [3.63, 3.8) is 0 Å². The molecule has 8 nitrogen and oxygen atoms in total. The maximum Gasteiger partial charge on any atom is 0.243 e. The van der Waals surface area contributed by atoms with Crippen LogP contribution < -0.4 is 10.2 Å². The van der Waals surface area contributed by atoms with Crippen molar-refractivity contribution in [2.75, 3.05) is 56.2 Å². The minimum atomic E-state index is -3.64. The zero-order valence-electron chi connectivity index (χ0n) is 17.9. The first-order valence-corrected chi connectivity index (χ1v) is 12.3. The van der Waals surface area contributed by atoms with Crippen molar-refractivity contribution >= 4 is 27.3 Å². The van der Waals surface area contributed by atoms with Gasteiger partial charge in [-0.05, 0) is 51.3 Å². The van der Waals surface area contributed by atoms with E-state index in [9.17, 15) is 13.2 Å². The first-order valence-electron chi connectivity index (χ1n) is 10.8. The fourth-order valence-corrected chi connectivity index (χ4v) is 5.36. The number of carbonyl (C=O) groups is 1. The molecule has 1 aromatic rings. The summed E-state index contributed by atoms with van der Waals surface area (Å²) >= 11 is 0. The molecule has 1 aromatic carbocycles. The fourth-order valence-electron chi connectivity index (χ4n) is 3.93. The van der Waals surface area contributed by atoms with E-state index in [4.69, 9.17) is 9.47 Å². The number of hydrogen-bond acceptors (Lipinski definition) is 6. The number of sulfonamides is 1. The van der Waals surface area contributed by atoms with E-state index >= 15 is 0 Å². The number of nitrogens with zero attached hydrogens (tertiary/aromatic N) is 2. The second-order valence-corrected chi connectivity index (χ2v) is 9.53. The van der Waals surface area contributed by atoms with Crippen molar-refractivity contribution < 1.29 is 22.7 Å². The molecule has 30 heavy (non-hydrogen) atoms. The lowest BCUT2D eigenvalue weighted by molar-refractivity contribution is -0.116. The molecule has 1 amide bonds. The number of rotatable bonds is 9. The minimum Gasteiger partial charge on any atom is -0.379 e. The Hall–Kier alpha value is -1.68. The molecule has 1 atom stereocenters. The van der Waals surface area contributed by atoms with Crippen LogP contribution in [0.15, 0.2) is 23.1 Å². The van der Waals surface area contributed by atoms with Gasteiger partial charge in [-0.2, -0.15) is 4.31 Å². The summed E-state index contributed by atoms with van der Waals surface area (Å²) in [5, 5.41) is 2.96. The van der Waals surface area contributed by atoms with Crippen molar-refractivity contribution in [1.29, 1.82) is 0 Å². The van der Waals surface area contributed by atoms with Crippen molar-refractivity contribution in [1.82, 2.24) is 4.31 Å². The lowest BCUT2D eigenvalue weighted by Crippen LogP contribution is -2.40. The number of hydrogen-bond donors (Lipinski definition) is 1. The maximum atomic E-state index is 13.1. The second kappa shape index (κ2) is 10.6. The Kier molecular flexibility index (Phi) is 8.10. The van der Waals surface area contributed by atoms with Gasteiger partial charge in [0.1, 0.15) is 0 Å². The van der Waals surface area contributed by atoms with Gasteiger partial charge in [0.25, 0.3) is 0 Å². The smallest absolute Gasteiger partial charge is 0.243 e. The number of anilines is 2. The molecule has 0 spiro atoms. The molecule has 2 aliphatic heterocycles. The van der Waals surface area contributed by atoms with Crippen LogP contribution in [0, 0.1) is 0 Å². The van der Waals surface area contributed by atoms with E-state index in [0.717, 1.165) is 38.2 Å². The molecule has 3 rings (SSSR count). The molecule has 2 saturated heterocycles. The van der Waals surface area contributed by atoms with Crippen LogP contribution in [0.25, 0.3) is 0 Å². The highest BCUT2D eigenvalue weighted by molar-refractivity contribution is 7.89. The second-order valence-electron chi connectivity index (χ2n) is 7.59. The Morgan fingerprint density at radius 2 is 1.93 bits per heavy atom. The molecule has 0 radical (unpaired) electrons. The third-order valence-corrected chi connectivity index (χ3v) is 7.57. The van der Waals surface area contributed by atoms with Crippen LogP contribution in [0.3, 0.4) is 0 Å². The molecule has 168 valence electrons. The Labute approximate surface area is 179 Å². The van der Waals surface area contributed by atoms with Crippen LogP contribution >= 0.6 is 0 Å². The number of benzene rings is 1. The van der Waals surface area contributed by atoms with Gasteiger partial charge in [-0.25, -0.2) is 8.42 Å². The number of morpholine rings is 1. The van der Waals surface area contributed by atoms with E-state index in [1.807, 2.05) is 13.8 Å². The highest BCUT2D eigenvalue weighted by Crippen LogP contribution is 2.31. The molecule has 2 heterocycles. The van der Waals surface area contributed by atoms with Gasteiger partial charge in [0, 0.05) is 39.2 Å². The van der Waals surface area contributed by atoms with Gasteiger partial charge < -0.3 is 19.7 Å². The van der Waals surface area contributed by atoms with Crippen LogP contribution in [0.2, 0.25) is 0 Å². The van der Waals surface area contributed by atoms with E-state index < -0.39 is 10.0 Å². The van der Waals surface area contributed by atoms with Crippen molar-refractivity contribution in [3.8, 4) is 0 Å². The van der Waals surface area contributed by atoms with Crippen LogP contribution in [0.1, 0.15) is 39.5 Å². The highest BCUT2D eigenvalue weighted by atomic mass is 32.2. The molecule has 0 aliphatic carbocycles. The van der Waals surface area contributed by atoms with Crippen molar-refractivity contribution in [3.05, 3.63) is 18.2 Å². The summed E-state index contributed by atoms with van der Waals surface area (Å²) in [5.74, 6) is -0.125. The molecular weight excluding hydrogens is 406 g/mol. The Morgan fingerprint density at radius 3 is 2.57 bits per heavy atom. The van der Waals surface area contributed by atoms with Gasteiger partial charge in [0.05, 0.1) is 35.6 Å². The molecule has 1 N–H and O–H groups in total. The molecular formula is C21H33N3O5S. The Morgan fingerprint density at radius 1 is 1.20 bits per heavy atom. The normalized spacial score (nSPS) is 20.3. The molecule has 0 bridgehead atoms.